The van der Waals surface area contributed by atoms with E-state index in [-0.39, 0.29) is 23.5 Å². The molecule has 4 aromatic carbocycles. The van der Waals surface area contributed by atoms with Crippen LogP contribution in [0.4, 0.5) is 13.2 Å². The van der Waals surface area contributed by atoms with Crippen LogP contribution in [0.25, 0.3) is 22.3 Å². The summed E-state index contributed by atoms with van der Waals surface area (Å²) in [6.45, 7) is 5.00. The first-order valence-electron chi connectivity index (χ1n) is 12.9. The van der Waals surface area contributed by atoms with E-state index in [9.17, 15) is 13.2 Å². The van der Waals surface area contributed by atoms with Crippen molar-refractivity contribution in [1.29, 1.82) is 0 Å². The molecule has 0 unspecified atom stereocenters. The van der Waals surface area contributed by atoms with Crippen molar-refractivity contribution in [2.45, 2.75) is 39.7 Å². The van der Waals surface area contributed by atoms with Crippen molar-refractivity contribution in [2.75, 3.05) is 13.2 Å². The second kappa shape index (κ2) is 13.0. The summed E-state index contributed by atoms with van der Waals surface area (Å²) in [7, 11) is 0. The minimum Gasteiger partial charge on any atom is -0.494 e. The van der Waals surface area contributed by atoms with Crippen LogP contribution in [0.1, 0.15) is 38.7 Å². The maximum Gasteiger partial charge on any atom is 0.167 e. The van der Waals surface area contributed by atoms with E-state index in [4.69, 9.17) is 14.2 Å². The van der Waals surface area contributed by atoms with Crippen molar-refractivity contribution < 1.29 is 27.4 Å². The first-order valence-corrected chi connectivity index (χ1v) is 12.9. The Kier molecular flexibility index (Phi) is 9.30. The summed E-state index contributed by atoms with van der Waals surface area (Å²) in [6, 6.07) is 21.8. The third-order valence-electron chi connectivity index (χ3n) is 6.07. The molecule has 0 N–H and O–H groups in total. The zero-order valence-electron chi connectivity index (χ0n) is 21.6. The predicted octanol–water partition coefficient (Wildman–Crippen LogP) is 8.98. The van der Waals surface area contributed by atoms with Crippen LogP contribution in [0, 0.1) is 17.5 Å². The fourth-order valence-electron chi connectivity index (χ4n) is 3.90. The van der Waals surface area contributed by atoms with Crippen molar-refractivity contribution >= 4 is 0 Å². The third-order valence-corrected chi connectivity index (χ3v) is 6.07. The second-order valence-corrected chi connectivity index (χ2v) is 8.93. The number of ether oxygens (including phenoxy) is 3. The molecule has 0 radical (unpaired) electrons. The summed E-state index contributed by atoms with van der Waals surface area (Å²) >= 11 is 0. The number of hydrogen-bond donors (Lipinski definition) is 0. The molecule has 3 nitrogen and oxygen atoms in total. The molecule has 0 saturated carbocycles. The Labute approximate surface area is 221 Å². The molecule has 0 bridgehead atoms. The molecular weight excluding hydrogens is 489 g/mol. The highest BCUT2D eigenvalue weighted by molar-refractivity contribution is 5.66. The standard InChI is InChI=1S/C32H31F3O3/c1-3-5-19-37-30-17-11-24(20-29(30)33)22-6-12-27(13-7-22)38-21-25-10-16-28(32(35)31(25)34)23-8-14-26(15-9-23)36-18-4-2/h6-17,20H,3-5,18-19,21H2,1-2H3. The van der Waals surface area contributed by atoms with Gasteiger partial charge >= 0.3 is 0 Å². The Morgan fingerprint density at radius 3 is 1.89 bits per heavy atom. The Balaban J connectivity index is 1.39. The third kappa shape index (κ3) is 6.68. The Bertz CT molecular complexity index is 1340. The predicted molar refractivity (Wildman–Crippen MR) is 144 cm³/mol. The van der Waals surface area contributed by atoms with Gasteiger partial charge in [-0.3, -0.25) is 0 Å². The topological polar surface area (TPSA) is 27.7 Å². The first-order chi connectivity index (χ1) is 18.5. The van der Waals surface area contributed by atoms with Gasteiger partial charge in [0, 0.05) is 11.1 Å². The summed E-state index contributed by atoms with van der Waals surface area (Å²) in [5.74, 6) is -0.873. The molecule has 6 heteroatoms. The molecule has 0 saturated heterocycles. The zero-order valence-corrected chi connectivity index (χ0v) is 21.6. The lowest BCUT2D eigenvalue weighted by Gasteiger charge is -2.12. The zero-order chi connectivity index (χ0) is 26.9. The molecule has 0 aliphatic heterocycles. The molecular formula is C32H31F3O3. The van der Waals surface area contributed by atoms with Gasteiger partial charge in [-0.2, -0.15) is 0 Å². The normalized spacial score (nSPS) is 10.9. The van der Waals surface area contributed by atoms with Gasteiger partial charge < -0.3 is 14.2 Å². The first kappa shape index (κ1) is 27.1. The van der Waals surface area contributed by atoms with Crippen LogP contribution in [-0.2, 0) is 6.61 Å². The highest BCUT2D eigenvalue weighted by atomic mass is 19.2. The van der Waals surface area contributed by atoms with E-state index in [2.05, 4.69) is 0 Å². The van der Waals surface area contributed by atoms with Crippen molar-refractivity contribution in [2.24, 2.45) is 0 Å². The average Bonchev–Trinajstić information content (AvgIpc) is 2.94. The Morgan fingerprint density at radius 1 is 0.579 bits per heavy atom. The lowest BCUT2D eigenvalue weighted by atomic mass is 10.0. The average molecular weight is 521 g/mol. The van der Waals surface area contributed by atoms with Gasteiger partial charge in [-0.15, -0.1) is 0 Å². The van der Waals surface area contributed by atoms with Gasteiger partial charge in [-0.05, 0) is 65.9 Å². The molecule has 0 fully saturated rings. The number of hydrogen-bond acceptors (Lipinski definition) is 3. The Hall–Kier alpha value is -3.93. The fraction of sp³-hybridized carbons (Fsp3) is 0.250. The molecule has 198 valence electrons. The lowest BCUT2D eigenvalue weighted by Crippen LogP contribution is -2.02. The quantitative estimate of drug-likeness (QED) is 0.175. The van der Waals surface area contributed by atoms with Gasteiger partial charge in [0.2, 0.25) is 0 Å². The second-order valence-electron chi connectivity index (χ2n) is 8.93. The van der Waals surface area contributed by atoms with Crippen molar-refractivity contribution in [1.82, 2.24) is 0 Å². The van der Waals surface area contributed by atoms with E-state index in [1.54, 1.807) is 66.7 Å². The van der Waals surface area contributed by atoms with Crippen LogP contribution in [0.2, 0.25) is 0 Å². The highest BCUT2D eigenvalue weighted by Crippen LogP contribution is 2.30. The highest BCUT2D eigenvalue weighted by Gasteiger charge is 2.15. The van der Waals surface area contributed by atoms with Crippen molar-refractivity contribution in [3.63, 3.8) is 0 Å². The van der Waals surface area contributed by atoms with E-state index >= 15 is 0 Å². The number of benzene rings is 4. The maximum atomic E-state index is 14.9. The number of rotatable bonds is 12. The largest absolute Gasteiger partial charge is 0.494 e. The van der Waals surface area contributed by atoms with E-state index in [0.717, 1.165) is 24.8 Å². The van der Waals surface area contributed by atoms with Gasteiger partial charge in [0.05, 0.1) is 13.2 Å². The fourth-order valence-corrected chi connectivity index (χ4v) is 3.90. The summed E-state index contributed by atoms with van der Waals surface area (Å²) in [5.41, 5.74) is 2.34. The molecule has 0 aliphatic rings. The van der Waals surface area contributed by atoms with Gasteiger partial charge in [-0.25, -0.2) is 13.2 Å². The van der Waals surface area contributed by atoms with Crippen LogP contribution >= 0.6 is 0 Å². The summed E-state index contributed by atoms with van der Waals surface area (Å²) in [4.78, 5) is 0. The monoisotopic (exact) mass is 520 g/mol. The summed E-state index contributed by atoms with van der Waals surface area (Å²) < 4.78 is 60.8. The molecule has 0 aliphatic carbocycles. The minimum absolute atomic E-state index is 0.110. The molecule has 0 aromatic heterocycles. The van der Waals surface area contributed by atoms with E-state index in [1.807, 2.05) is 13.8 Å². The van der Waals surface area contributed by atoms with Crippen LogP contribution in [0.3, 0.4) is 0 Å². The lowest BCUT2D eigenvalue weighted by molar-refractivity contribution is 0.294. The van der Waals surface area contributed by atoms with Crippen LogP contribution < -0.4 is 14.2 Å². The molecule has 0 atom stereocenters. The summed E-state index contributed by atoms with van der Waals surface area (Å²) in [6.07, 6.45) is 2.73. The van der Waals surface area contributed by atoms with Crippen LogP contribution in [-0.4, -0.2) is 13.2 Å². The number of halogens is 3. The molecule has 38 heavy (non-hydrogen) atoms. The van der Waals surface area contributed by atoms with Crippen LogP contribution in [0.5, 0.6) is 17.2 Å². The molecule has 4 rings (SSSR count). The molecule has 0 spiro atoms. The maximum absolute atomic E-state index is 14.9. The molecule has 0 amide bonds. The Morgan fingerprint density at radius 2 is 1.24 bits per heavy atom. The SMILES string of the molecule is CCCCOc1ccc(-c2ccc(OCc3ccc(-c4ccc(OCCC)cc4)c(F)c3F)cc2)cc1F. The summed E-state index contributed by atoms with van der Waals surface area (Å²) in [5, 5.41) is 0. The smallest absolute Gasteiger partial charge is 0.167 e. The van der Waals surface area contributed by atoms with Crippen molar-refractivity contribution in [3.05, 3.63) is 102 Å². The van der Waals surface area contributed by atoms with Gasteiger partial charge in [-0.1, -0.05) is 62.7 Å². The van der Waals surface area contributed by atoms with E-state index < -0.39 is 17.5 Å². The van der Waals surface area contributed by atoms with Crippen molar-refractivity contribution in [3.8, 4) is 39.5 Å². The molecule has 4 aromatic rings. The van der Waals surface area contributed by atoms with Gasteiger partial charge in [0.25, 0.3) is 0 Å². The van der Waals surface area contributed by atoms with Crippen LogP contribution in [0.15, 0.2) is 78.9 Å². The number of unbranched alkanes of at least 4 members (excludes halogenated alkanes) is 1. The minimum atomic E-state index is -0.942. The van der Waals surface area contributed by atoms with Gasteiger partial charge in [0.1, 0.15) is 18.1 Å². The van der Waals surface area contributed by atoms with Gasteiger partial charge in [0.15, 0.2) is 23.2 Å². The van der Waals surface area contributed by atoms with E-state index in [1.165, 1.54) is 12.1 Å². The van der Waals surface area contributed by atoms with E-state index in [0.29, 0.717) is 35.8 Å². The molecule has 0 heterocycles.